The van der Waals surface area contributed by atoms with Gasteiger partial charge in [0.2, 0.25) is 0 Å². The summed E-state index contributed by atoms with van der Waals surface area (Å²) in [4.78, 5) is 17.7. The molecule has 0 amide bonds. The lowest BCUT2D eigenvalue weighted by Gasteiger charge is -2.23. The van der Waals surface area contributed by atoms with Crippen LogP contribution in [0.25, 0.3) is 11.4 Å². The van der Waals surface area contributed by atoms with E-state index in [0.29, 0.717) is 12.2 Å². The number of imidazole rings is 1. The first kappa shape index (κ1) is 16.6. The fourth-order valence-electron chi connectivity index (χ4n) is 2.95. The van der Waals surface area contributed by atoms with Crippen LogP contribution in [-0.4, -0.2) is 34.0 Å². The zero-order chi connectivity index (χ0) is 18.5. The Morgan fingerprint density at radius 3 is 2.46 bits per heavy atom. The highest BCUT2D eigenvalue weighted by atomic mass is 15.3. The molecule has 0 aliphatic heterocycles. The molecule has 0 saturated carbocycles. The van der Waals surface area contributed by atoms with Crippen LogP contribution in [0.1, 0.15) is 51.6 Å². The second-order valence-corrected chi connectivity index (χ2v) is 8.43. The van der Waals surface area contributed by atoms with E-state index in [0.717, 1.165) is 22.6 Å². The summed E-state index contributed by atoms with van der Waals surface area (Å²) >= 11 is 0. The molecule has 4 aromatic rings. The standard InChI is InChI=1S/C19H23N7/c1-18(2,3)13-7-22-17-23-15(24-26(17)11-13)6-19(4,5)14-8-21-16-9-20-12-25(16)10-14/h7-12H,6H2,1-5H3. The van der Waals surface area contributed by atoms with Crippen LogP contribution in [-0.2, 0) is 17.3 Å². The van der Waals surface area contributed by atoms with Crippen LogP contribution >= 0.6 is 0 Å². The van der Waals surface area contributed by atoms with Crippen molar-refractivity contribution in [2.24, 2.45) is 0 Å². The van der Waals surface area contributed by atoms with E-state index in [1.165, 1.54) is 0 Å². The summed E-state index contributed by atoms with van der Waals surface area (Å²) in [5.74, 6) is 1.41. The lowest BCUT2D eigenvalue weighted by molar-refractivity contribution is 0.502. The van der Waals surface area contributed by atoms with Crippen LogP contribution in [0.2, 0.25) is 0 Å². The Morgan fingerprint density at radius 2 is 1.69 bits per heavy atom. The van der Waals surface area contributed by atoms with Gasteiger partial charge in [0.1, 0.15) is 6.33 Å². The molecule has 4 rings (SSSR count). The van der Waals surface area contributed by atoms with E-state index in [2.05, 4.69) is 65.9 Å². The molecule has 0 bridgehead atoms. The molecule has 0 N–H and O–H groups in total. The smallest absolute Gasteiger partial charge is 0.252 e. The molecule has 0 spiro atoms. The monoisotopic (exact) mass is 349 g/mol. The maximum absolute atomic E-state index is 4.65. The molecule has 0 unspecified atom stereocenters. The molecule has 4 aromatic heterocycles. The summed E-state index contributed by atoms with van der Waals surface area (Å²) in [5, 5.41) is 4.65. The molecule has 26 heavy (non-hydrogen) atoms. The number of aromatic nitrogens is 7. The second kappa shape index (κ2) is 5.59. The lowest BCUT2D eigenvalue weighted by Crippen LogP contribution is -2.22. The minimum atomic E-state index is -0.163. The summed E-state index contributed by atoms with van der Waals surface area (Å²) in [7, 11) is 0. The van der Waals surface area contributed by atoms with Gasteiger partial charge in [-0.1, -0.05) is 34.6 Å². The third kappa shape index (κ3) is 2.94. The highest BCUT2D eigenvalue weighted by Gasteiger charge is 2.25. The molecule has 4 heterocycles. The van der Waals surface area contributed by atoms with Crippen LogP contribution in [0.3, 0.4) is 0 Å². The Bertz CT molecular complexity index is 1080. The quantitative estimate of drug-likeness (QED) is 0.568. The van der Waals surface area contributed by atoms with Gasteiger partial charge in [-0.15, -0.1) is 5.10 Å². The first-order valence-electron chi connectivity index (χ1n) is 8.72. The number of hydrogen-bond acceptors (Lipinski definition) is 5. The van der Waals surface area contributed by atoms with Gasteiger partial charge < -0.3 is 0 Å². The summed E-state index contributed by atoms with van der Waals surface area (Å²) < 4.78 is 3.72. The van der Waals surface area contributed by atoms with Crippen molar-refractivity contribution in [1.29, 1.82) is 0 Å². The van der Waals surface area contributed by atoms with E-state index >= 15 is 0 Å². The molecular weight excluding hydrogens is 326 g/mol. The normalized spacial score (nSPS) is 13.0. The van der Waals surface area contributed by atoms with Gasteiger partial charge in [0.05, 0.1) is 6.20 Å². The van der Waals surface area contributed by atoms with E-state index in [9.17, 15) is 0 Å². The van der Waals surface area contributed by atoms with Crippen LogP contribution in [0.4, 0.5) is 0 Å². The fraction of sp³-hybridized carbons (Fsp3) is 0.421. The van der Waals surface area contributed by atoms with Crippen molar-refractivity contribution in [1.82, 2.24) is 34.0 Å². The number of rotatable bonds is 3. The van der Waals surface area contributed by atoms with Gasteiger partial charge in [-0.3, -0.25) is 4.40 Å². The third-order valence-corrected chi connectivity index (χ3v) is 4.74. The molecule has 0 fully saturated rings. The fourth-order valence-corrected chi connectivity index (χ4v) is 2.95. The number of fused-ring (bicyclic) bond motifs is 2. The van der Waals surface area contributed by atoms with Crippen molar-refractivity contribution in [3.05, 3.63) is 54.3 Å². The largest absolute Gasteiger partial charge is 0.290 e. The summed E-state index contributed by atoms with van der Waals surface area (Å²) in [5.41, 5.74) is 2.96. The topological polar surface area (TPSA) is 73.3 Å². The van der Waals surface area contributed by atoms with E-state index < -0.39 is 0 Å². The number of hydrogen-bond donors (Lipinski definition) is 0. The highest BCUT2D eigenvalue weighted by Crippen LogP contribution is 2.27. The van der Waals surface area contributed by atoms with Crippen molar-refractivity contribution in [3.8, 4) is 0 Å². The predicted molar refractivity (Wildman–Crippen MR) is 99.2 cm³/mol. The zero-order valence-electron chi connectivity index (χ0n) is 15.8. The van der Waals surface area contributed by atoms with Gasteiger partial charge in [-0.25, -0.2) is 19.5 Å². The Kier molecular flexibility index (Phi) is 3.57. The molecular formula is C19H23N7. The molecule has 0 atom stereocenters. The number of nitrogens with zero attached hydrogens (tertiary/aromatic N) is 7. The average molecular weight is 349 g/mol. The predicted octanol–water partition coefficient (Wildman–Crippen LogP) is 2.98. The molecule has 0 aromatic carbocycles. The summed E-state index contributed by atoms with van der Waals surface area (Å²) in [6.45, 7) is 10.8. The van der Waals surface area contributed by atoms with E-state index in [4.69, 9.17) is 0 Å². The van der Waals surface area contributed by atoms with Crippen molar-refractivity contribution < 1.29 is 0 Å². The highest BCUT2D eigenvalue weighted by molar-refractivity contribution is 5.37. The van der Waals surface area contributed by atoms with Gasteiger partial charge in [0.25, 0.3) is 5.78 Å². The Morgan fingerprint density at radius 1 is 0.923 bits per heavy atom. The van der Waals surface area contributed by atoms with E-state index in [1.807, 2.05) is 23.0 Å². The molecule has 7 heteroatoms. The Balaban J connectivity index is 1.66. The molecule has 7 nitrogen and oxygen atoms in total. The SMILES string of the molecule is CC(C)(C)c1cnc2nc(CC(C)(C)c3cnc4cncn4c3)nn2c1. The molecule has 0 radical (unpaired) electrons. The molecule has 0 aliphatic carbocycles. The summed E-state index contributed by atoms with van der Waals surface area (Å²) in [6, 6.07) is 0. The van der Waals surface area contributed by atoms with Crippen molar-refractivity contribution >= 4 is 11.4 Å². The van der Waals surface area contributed by atoms with Crippen LogP contribution in [0.5, 0.6) is 0 Å². The van der Waals surface area contributed by atoms with Crippen molar-refractivity contribution in [2.75, 3.05) is 0 Å². The van der Waals surface area contributed by atoms with Gasteiger partial charge >= 0.3 is 0 Å². The molecule has 0 saturated heterocycles. The van der Waals surface area contributed by atoms with Gasteiger partial charge in [-0.2, -0.15) is 4.98 Å². The maximum atomic E-state index is 4.65. The molecule has 134 valence electrons. The third-order valence-electron chi connectivity index (χ3n) is 4.74. The van der Waals surface area contributed by atoms with Gasteiger partial charge in [0.15, 0.2) is 11.5 Å². The van der Waals surface area contributed by atoms with Crippen LogP contribution in [0, 0.1) is 0 Å². The summed E-state index contributed by atoms with van der Waals surface area (Å²) in [6.07, 6.45) is 12.1. The van der Waals surface area contributed by atoms with Gasteiger partial charge in [0, 0.05) is 31.2 Å². The van der Waals surface area contributed by atoms with Crippen LogP contribution in [0.15, 0.2) is 37.3 Å². The van der Waals surface area contributed by atoms with Crippen molar-refractivity contribution in [2.45, 2.75) is 51.9 Å². The van der Waals surface area contributed by atoms with E-state index in [1.54, 1.807) is 17.0 Å². The van der Waals surface area contributed by atoms with Crippen LogP contribution < -0.4 is 0 Å². The maximum Gasteiger partial charge on any atom is 0.252 e. The lowest BCUT2D eigenvalue weighted by atomic mass is 9.83. The first-order chi connectivity index (χ1) is 12.2. The van der Waals surface area contributed by atoms with E-state index in [-0.39, 0.29) is 10.8 Å². The zero-order valence-corrected chi connectivity index (χ0v) is 15.8. The van der Waals surface area contributed by atoms with Gasteiger partial charge in [-0.05, 0) is 22.0 Å². The minimum absolute atomic E-state index is 0.0262. The first-order valence-corrected chi connectivity index (χ1v) is 8.72. The molecule has 0 aliphatic rings. The Hall–Kier alpha value is -2.83. The Labute approximate surface area is 152 Å². The second-order valence-electron chi connectivity index (χ2n) is 8.43. The average Bonchev–Trinajstić information content (AvgIpc) is 3.17. The minimum Gasteiger partial charge on any atom is -0.290 e. The van der Waals surface area contributed by atoms with Crippen molar-refractivity contribution in [3.63, 3.8) is 0 Å².